The van der Waals surface area contributed by atoms with Crippen LogP contribution in [0, 0.1) is 0 Å². The van der Waals surface area contributed by atoms with Crippen molar-refractivity contribution < 1.29 is 56.8 Å². The predicted molar refractivity (Wildman–Crippen MR) is 240 cm³/mol. The van der Waals surface area contributed by atoms with Crippen molar-refractivity contribution in [3.05, 3.63) is 22.7 Å². The lowest BCUT2D eigenvalue weighted by Crippen LogP contribution is -2.36. The van der Waals surface area contributed by atoms with E-state index in [0.717, 1.165) is 48.8 Å². The Hall–Kier alpha value is -1.36. The zero-order valence-electron chi connectivity index (χ0n) is 37.0. The van der Waals surface area contributed by atoms with Crippen molar-refractivity contribution in [2.45, 2.75) is 211 Å². The number of rotatable bonds is 39. The quantitative estimate of drug-likeness (QED) is 0.0235. The number of phosphoric acid groups is 2. The number of esters is 1. The molecule has 0 aliphatic carbocycles. The van der Waals surface area contributed by atoms with E-state index in [4.69, 9.17) is 24.3 Å². The average Bonchev–Trinajstić information content (AvgIpc) is 3.49. The minimum absolute atomic E-state index is 0.0775. The molecule has 0 spiro atoms. The van der Waals surface area contributed by atoms with Crippen LogP contribution in [-0.4, -0.2) is 84.7 Å². The number of aromatic nitrogens is 2. The first-order chi connectivity index (χ1) is 29.3. The molecule has 2 rings (SSSR count). The van der Waals surface area contributed by atoms with Gasteiger partial charge >= 0.3 is 27.3 Å². The van der Waals surface area contributed by atoms with Gasteiger partial charge in [-0.05, 0) is 24.7 Å². The normalized spacial score (nSPS) is 20.4. The minimum atomic E-state index is -5.32. The number of nitrogens with two attached hydrogens (primary N) is 1. The highest BCUT2D eigenvalue weighted by Crippen LogP contribution is 2.60. The van der Waals surface area contributed by atoms with Crippen molar-refractivity contribution in [3.63, 3.8) is 0 Å². The molecule has 4 unspecified atom stereocenters. The summed E-state index contributed by atoms with van der Waals surface area (Å²) >= 11 is 1.53. The predicted octanol–water partition coefficient (Wildman–Crippen LogP) is 9.52. The number of aliphatic hydroxyl groups excluding tert-OH is 2. The summed E-state index contributed by atoms with van der Waals surface area (Å²) in [5.41, 5.74) is 4.62. The summed E-state index contributed by atoms with van der Waals surface area (Å²) in [7, 11) is -10.6. The van der Waals surface area contributed by atoms with Gasteiger partial charge in [0.05, 0.1) is 13.2 Å². The largest absolute Gasteiger partial charge is 0.481 e. The molecule has 1 aromatic rings. The summed E-state index contributed by atoms with van der Waals surface area (Å²) in [4.78, 5) is 49.2. The molecule has 19 heteroatoms. The maximum atomic E-state index is 12.8. The molecule has 1 aliphatic heterocycles. The Morgan fingerprint density at radius 1 is 0.770 bits per heavy atom. The Morgan fingerprint density at radius 2 is 1.25 bits per heavy atom. The van der Waals surface area contributed by atoms with Crippen molar-refractivity contribution in [2.24, 2.45) is 0 Å². The van der Waals surface area contributed by atoms with Crippen LogP contribution < -0.4 is 11.4 Å². The number of thioether (sulfide) groups is 1. The van der Waals surface area contributed by atoms with E-state index in [0.29, 0.717) is 6.42 Å². The van der Waals surface area contributed by atoms with Crippen molar-refractivity contribution >= 4 is 39.2 Å². The maximum absolute atomic E-state index is 12.8. The van der Waals surface area contributed by atoms with E-state index in [-0.39, 0.29) is 18.0 Å². The molecule has 0 radical (unpaired) electrons. The second-order valence-electron chi connectivity index (χ2n) is 16.3. The fourth-order valence-electron chi connectivity index (χ4n) is 7.15. The topological polar surface area (TPSA) is 239 Å². The number of carbonyl (C=O) groups excluding carboxylic acids is 1. The third-order valence-electron chi connectivity index (χ3n) is 10.7. The Balaban J connectivity index is 1.79. The van der Waals surface area contributed by atoms with E-state index in [9.17, 15) is 38.7 Å². The fourth-order valence-corrected chi connectivity index (χ4v) is 10.3. The molecule has 0 bridgehead atoms. The van der Waals surface area contributed by atoms with Crippen LogP contribution in [0.3, 0.4) is 0 Å². The van der Waals surface area contributed by atoms with Gasteiger partial charge < -0.3 is 35.2 Å². The fraction of sp³-hybridized carbons (Fsp3) is 0.881. The van der Waals surface area contributed by atoms with E-state index in [1.54, 1.807) is 0 Å². The SMILES string of the molecule is CCCCCCCCCCCCCCCC(=O)OC(COP(=O)(O)OP(=O)(O)OC[C@H]1OC(n2ccc(N)nc2=O)[C@@H](O)[C@@H]1O)CSCCCCCCCCCCCCCC. The van der Waals surface area contributed by atoms with Gasteiger partial charge in [-0.3, -0.25) is 18.4 Å². The number of nitrogens with zero attached hydrogens (tertiary/aromatic N) is 2. The standard InChI is InChI=1S/C42H79N3O13P2S/c1-3-5-7-9-11-13-15-17-18-20-22-24-26-28-38(46)56-35(34-61-31-27-25-23-21-19-16-14-12-10-8-6-4-2)32-54-59(50,51)58-60(52,53)55-33-36-39(47)40(48)41(57-36)45-30-29-37(43)44-42(45)49/h29-30,35-36,39-41,47-48H,3-28,31-34H2,1-2H3,(H,50,51)(H,52,53)(H2,43,44,49)/t35?,36-,39-,40+,41?/m1/s1. The summed E-state index contributed by atoms with van der Waals surface area (Å²) in [6.07, 6.45) is 24.3. The molecule has 7 atom stereocenters. The number of phosphoric ester groups is 2. The molecular formula is C42H79N3O13P2S. The number of ether oxygens (including phenoxy) is 2. The molecule has 1 aliphatic rings. The van der Waals surface area contributed by atoms with E-state index in [1.807, 2.05) is 0 Å². The van der Waals surface area contributed by atoms with Crippen molar-refractivity contribution in [1.82, 2.24) is 9.55 Å². The van der Waals surface area contributed by atoms with Crippen LogP contribution in [0.4, 0.5) is 5.82 Å². The number of aliphatic hydroxyl groups is 2. The first-order valence-electron chi connectivity index (χ1n) is 23.1. The van der Waals surface area contributed by atoms with Crippen LogP contribution >= 0.6 is 27.4 Å². The summed E-state index contributed by atoms with van der Waals surface area (Å²) in [6, 6.07) is 1.27. The van der Waals surface area contributed by atoms with Crippen LogP contribution in [0.5, 0.6) is 0 Å². The lowest BCUT2D eigenvalue weighted by molar-refractivity contribution is -0.149. The lowest BCUT2D eigenvalue weighted by Gasteiger charge is -2.21. The third kappa shape index (κ3) is 26.3. The maximum Gasteiger partial charge on any atom is 0.481 e. The van der Waals surface area contributed by atoms with Gasteiger partial charge in [-0.2, -0.15) is 21.1 Å². The van der Waals surface area contributed by atoms with Crippen LogP contribution in [0.25, 0.3) is 0 Å². The van der Waals surface area contributed by atoms with Crippen molar-refractivity contribution in [3.8, 4) is 0 Å². The van der Waals surface area contributed by atoms with E-state index in [2.05, 4.69) is 23.1 Å². The molecule has 1 fully saturated rings. The molecule has 1 aromatic heterocycles. The summed E-state index contributed by atoms with van der Waals surface area (Å²) in [5.74, 6) is 0.542. The summed E-state index contributed by atoms with van der Waals surface area (Å²) in [5, 5.41) is 20.9. The van der Waals surface area contributed by atoms with Gasteiger partial charge in [0.25, 0.3) is 0 Å². The highest BCUT2D eigenvalue weighted by molar-refractivity contribution is 7.99. The van der Waals surface area contributed by atoms with Crippen LogP contribution in [0.15, 0.2) is 17.1 Å². The monoisotopic (exact) mass is 927 g/mol. The highest BCUT2D eigenvalue weighted by Gasteiger charge is 2.46. The molecule has 0 aromatic carbocycles. The summed E-state index contributed by atoms with van der Waals surface area (Å²) < 4.78 is 51.8. The number of hydrogen-bond donors (Lipinski definition) is 5. The van der Waals surface area contributed by atoms with E-state index < -0.39 is 71.2 Å². The van der Waals surface area contributed by atoms with Crippen molar-refractivity contribution in [1.29, 1.82) is 0 Å². The smallest absolute Gasteiger partial charge is 0.459 e. The van der Waals surface area contributed by atoms with Gasteiger partial charge in [-0.25, -0.2) is 13.9 Å². The van der Waals surface area contributed by atoms with E-state index >= 15 is 0 Å². The van der Waals surface area contributed by atoms with Gasteiger partial charge in [0.2, 0.25) is 0 Å². The van der Waals surface area contributed by atoms with Gasteiger partial charge in [0, 0.05) is 18.4 Å². The average molecular weight is 928 g/mol. The zero-order chi connectivity index (χ0) is 44.8. The molecule has 61 heavy (non-hydrogen) atoms. The minimum Gasteiger partial charge on any atom is -0.459 e. The first kappa shape index (κ1) is 55.8. The van der Waals surface area contributed by atoms with E-state index in [1.165, 1.54) is 140 Å². The third-order valence-corrected chi connectivity index (χ3v) is 14.5. The molecule has 2 heterocycles. The van der Waals surface area contributed by atoms with Crippen LogP contribution in [-0.2, 0) is 36.8 Å². The zero-order valence-corrected chi connectivity index (χ0v) is 39.6. The Bertz CT molecular complexity index is 1460. The molecule has 16 nitrogen and oxygen atoms in total. The van der Waals surface area contributed by atoms with Crippen LogP contribution in [0.2, 0.25) is 0 Å². The van der Waals surface area contributed by atoms with Gasteiger partial charge in [-0.15, -0.1) is 0 Å². The van der Waals surface area contributed by atoms with Crippen LogP contribution in [0.1, 0.15) is 187 Å². The number of hydrogen-bond acceptors (Lipinski definition) is 14. The second-order valence-corrected chi connectivity index (χ2v) is 20.5. The highest BCUT2D eigenvalue weighted by atomic mass is 32.2. The Morgan fingerprint density at radius 3 is 1.75 bits per heavy atom. The molecular weight excluding hydrogens is 848 g/mol. The van der Waals surface area contributed by atoms with Gasteiger partial charge in [0.1, 0.15) is 30.2 Å². The molecule has 0 amide bonds. The summed E-state index contributed by atoms with van der Waals surface area (Å²) in [6.45, 7) is 3.00. The van der Waals surface area contributed by atoms with Crippen molar-refractivity contribution in [2.75, 3.05) is 30.5 Å². The lowest BCUT2D eigenvalue weighted by atomic mass is 10.0. The van der Waals surface area contributed by atoms with Gasteiger partial charge in [-0.1, -0.05) is 162 Å². The number of unbranched alkanes of at least 4 members (excludes halogenated alkanes) is 23. The Kier molecular flexibility index (Phi) is 30.3. The second kappa shape index (κ2) is 33.2. The number of nitrogen functional groups attached to an aromatic ring is 1. The molecule has 0 saturated carbocycles. The molecule has 1 saturated heterocycles. The molecule has 6 N–H and O–H groups in total. The number of carbonyl (C=O) groups is 1. The number of anilines is 1. The first-order valence-corrected chi connectivity index (χ1v) is 27.2. The van der Waals surface area contributed by atoms with Gasteiger partial charge in [0.15, 0.2) is 6.23 Å². The molecule has 356 valence electrons. The Labute approximate surface area is 369 Å².